The number of unbranched alkanes of at least 4 members (excludes halogenated alkanes) is 7. The Kier molecular flexibility index (Phi) is 14.8. The number of hydrogen-bond acceptors (Lipinski definition) is 7. The first-order valence-corrected chi connectivity index (χ1v) is 15.4. The molecule has 206 valence electrons. The van der Waals surface area contributed by atoms with Crippen LogP contribution < -0.4 is 10.6 Å². The molecule has 2 aliphatic heterocycles. The van der Waals surface area contributed by atoms with Crippen LogP contribution in [0.3, 0.4) is 0 Å². The third kappa shape index (κ3) is 9.95. The van der Waals surface area contributed by atoms with Gasteiger partial charge in [0.05, 0.1) is 17.5 Å². The molecule has 3 unspecified atom stereocenters. The normalized spacial score (nSPS) is 33.6. The van der Waals surface area contributed by atoms with Gasteiger partial charge in [0.2, 0.25) is 5.91 Å². The smallest absolute Gasteiger partial charge is 0.237 e. The first-order valence-electron chi connectivity index (χ1n) is 13.7. The van der Waals surface area contributed by atoms with Crippen molar-refractivity contribution in [2.24, 2.45) is 5.92 Å². The summed E-state index contributed by atoms with van der Waals surface area (Å²) in [7, 11) is 0. The largest absolute Gasteiger partial charge is 0.388 e. The van der Waals surface area contributed by atoms with E-state index in [0.29, 0.717) is 5.92 Å². The molecule has 0 saturated carbocycles. The van der Waals surface area contributed by atoms with E-state index in [-0.39, 0.29) is 11.9 Å². The van der Waals surface area contributed by atoms with Crippen molar-refractivity contribution >= 4 is 29.3 Å². The maximum absolute atomic E-state index is 13.1. The number of aliphatic hydroxyl groups is 3. The van der Waals surface area contributed by atoms with E-state index in [1.54, 1.807) is 13.2 Å². The Morgan fingerprint density at radius 3 is 2.31 bits per heavy atom. The van der Waals surface area contributed by atoms with Crippen LogP contribution in [0.25, 0.3) is 0 Å². The van der Waals surface area contributed by atoms with Gasteiger partial charge in [-0.1, -0.05) is 64.7 Å². The van der Waals surface area contributed by atoms with E-state index in [2.05, 4.69) is 17.6 Å². The van der Waals surface area contributed by atoms with Gasteiger partial charge < -0.3 is 30.7 Å². The van der Waals surface area contributed by atoms with E-state index in [1.165, 1.54) is 69.5 Å². The van der Waals surface area contributed by atoms with Crippen molar-refractivity contribution in [2.75, 3.05) is 12.8 Å². The lowest BCUT2D eigenvalue weighted by Gasteiger charge is -2.44. The van der Waals surface area contributed by atoms with Gasteiger partial charge in [-0.25, -0.2) is 0 Å². The minimum absolute atomic E-state index is 0.160. The summed E-state index contributed by atoms with van der Waals surface area (Å²) >= 11 is 7.64. The van der Waals surface area contributed by atoms with Crippen LogP contribution in [-0.2, 0) is 9.53 Å². The summed E-state index contributed by atoms with van der Waals surface area (Å²) in [5.41, 5.74) is -0.707. The lowest BCUT2D eigenvalue weighted by atomic mass is 9.92. The zero-order valence-corrected chi connectivity index (χ0v) is 23.4. The molecule has 7 nitrogen and oxygen atoms in total. The van der Waals surface area contributed by atoms with Crippen LogP contribution in [0.1, 0.15) is 90.9 Å². The first kappa shape index (κ1) is 31.1. The third-order valence-corrected chi connectivity index (χ3v) is 8.71. The second kappa shape index (κ2) is 16.7. The molecule has 2 heterocycles. The van der Waals surface area contributed by atoms with Crippen molar-refractivity contribution in [3.05, 3.63) is 0 Å². The molecule has 2 aliphatic rings. The van der Waals surface area contributed by atoms with Crippen LogP contribution in [0.5, 0.6) is 0 Å². The topological polar surface area (TPSA) is 111 Å². The second-order valence-electron chi connectivity index (χ2n) is 10.4. The average Bonchev–Trinajstić information content (AvgIpc) is 3.09. The van der Waals surface area contributed by atoms with Gasteiger partial charge in [-0.05, 0) is 44.9 Å². The summed E-state index contributed by atoms with van der Waals surface area (Å²) in [6, 6.07) is -1.02. The standard InChI is InChI=1S/C26H49ClN2O5S/c1-4-5-6-7-8-9-10-11-12-18-13-14-19(28-16-15-18)25(33)29-20(17(2)27)24-22(31)21(30)23(32)26(34-24)35-3/h17-24,26,28,30-32H,4-16H2,1-3H3,(H,29,33)/t17-,18-,19-,20+,21?,22?,23+,24+,26?/m0/s1. The van der Waals surface area contributed by atoms with E-state index < -0.39 is 41.3 Å². The maximum atomic E-state index is 13.1. The molecule has 1 amide bonds. The molecule has 0 bridgehead atoms. The molecule has 2 fully saturated rings. The van der Waals surface area contributed by atoms with Gasteiger partial charge in [0, 0.05) is 0 Å². The van der Waals surface area contributed by atoms with E-state index in [1.807, 2.05) is 0 Å². The Bertz CT molecular complexity index is 600. The van der Waals surface area contributed by atoms with Gasteiger partial charge in [0.1, 0.15) is 29.9 Å². The third-order valence-electron chi connectivity index (χ3n) is 7.59. The molecule has 9 heteroatoms. The van der Waals surface area contributed by atoms with Gasteiger partial charge in [0.25, 0.3) is 0 Å². The van der Waals surface area contributed by atoms with Crippen molar-refractivity contribution in [3.8, 4) is 0 Å². The van der Waals surface area contributed by atoms with Gasteiger partial charge in [-0.2, -0.15) is 0 Å². The fourth-order valence-corrected chi connectivity index (χ4v) is 6.16. The molecule has 35 heavy (non-hydrogen) atoms. The number of carbonyl (C=O) groups excluding carboxylic acids is 1. The number of halogens is 1. The Balaban J connectivity index is 1.80. The Labute approximate surface area is 221 Å². The number of nitrogens with one attached hydrogen (secondary N) is 2. The number of rotatable bonds is 14. The maximum Gasteiger partial charge on any atom is 0.237 e. The van der Waals surface area contributed by atoms with Crippen LogP contribution in [0, 0.1) is 5.92 Å². The molecule has 0 radical (unpaired) electrons. The van der Waals surface area contributed by atoms with Gasteiger partial charge in [-0.3, -0.25) is 4.79 Å². The lowest BCUT2D eigenvalue weighted by Crippen LogP contribution is -2.65. The highest BCUT2D eigenvalue weighted by atomic mass is 35.5. The molecule has 2 saturated heterocycles. The molecule has 9 atom stereocenters. The quantitative estimate of drug-likeness (QED) is 0.170. The zero-order chi connectivity index (χ0) is 25.8. The fraction of sp³-hybridized carbons (Fsp3) is 0.962. The number of ether oxygens (including phenoxy) is 1. The number of carbonyl (C=O) groups is 1. The van der Waals surface area contributed by atoms with Crippen molar-refractivity contribution in [1.29, 1.82) is 0 Å². The summed E-state index contributed by atoms with van der Waals surface area (Å²) in [6.07, 6.45) is 11.6. The Morgan fingerprint density at radius 1 is 1.03 bits per heavy atom. The monoisotopic (exact) mass is 536 g/mol. The molecule has 0 aromatic carbocycles. The summed E-state index contributed by atoms with van der Waals surface area (Å²) in [6.45, 7) is 4.79. The minimum atomic E-state index is -1.37. The number of alkyl halides is 1. The fourth-order valence-electron chi connectivity index (χ4n) is 5.28. The van der Waals surface area contributed by atoms with Crippen molar-refractivity contribution in [1.82, 2.24) is 10.6 Å². The highest BCUT2D eigenvalue weighted by Crippen LogP contribution is 2.30. The van der Waals surface area contributed by atoms with Crippen LogP contribution in [0.4, 0.5) is 0 Å². The van der Waals surface area contributed by atoms with Gasteiger partial charge in [0.15, 0.2) is 0 Å². The minimum Gasteiger partial charge on any atom is -0.388 e. The van der Waals surface area contributed by atoms with Crippen LogP contribution in [0.15, 0.2) is 0 Å². The Morgan fingerprint density at radius 2 is 1.69 bits per heavy atom. The van der Waals surface area contributed by atoms with Gasteiger partial charge in [-0.15, -0.1) is 23.4 Å². The molecule has 0 aromatic rings. The SMILES string of the molecule is CCCCCCCCCC[C@@H]1CCN[C@H](C(=O)N[C@H]([C@H](C)Cl)[C@H]2OC(SC)[C@H](O)C(O)C2O)CC1. The molecule has 5 N–H and O–H groups in total. The zero-order valence-electron chi connectivity index (χ0n) is 21.8. The van der Waals surface area contributed by atoms with Crippen molar-refractivity contribution in [3.63, 3.8) is 0 Å². The van der Waals surface area contributed by atoms with E-state index in [4.69, 9.17) is 16.3 Å². The van der Waals surface area contributed by atoms with E-state index >= 15 is 0 Å². The van der Waals surface area contributed by atoms with Crippen LogP contribution in [-0.4, -0.2) is 81.3 Å². The molecule has 0 aliphatic carbocycles. The first-order chi connectivity index (χ1) is 16.8. The lowest BCUT2D eigenvalue weighted by molar-refractivity contribution is -0.205. The average molecular weight is 537 g/mol. The van der Waals surface area contributed by atoms with Crippen molar-refractivity contribution < 1.29 is 24.9 Å². The highest BCUT2D eigenvalue weighted by molar-refractivity contribution is 7.99. The predicted molar refractivity (Wildman–Crippen MR) is 144 cm³/mol. The summed E-state index contributed by atoms with van der Waals surface area (Å²) in [5, 5.41) is 36.8. The summed E-state index contributed by atoms with van der Waals surface area (Å²) in [5.74, 6) is 0.484. The van der Waals surface area contributed by atoms with Crippen molar-refractivity contribution in [2.45, 2.75) is 138 Å². The summed E-state index contributed by atoms with van der Waals surface area (Å²) < 4.78 is 5.86. The highest BCUT2D eigenvalue weighted by Gasteiger charge is 2.48. The predicted octanol–water partition coefficient (Wildman–Crippen LogP) is 3.56. The second-order valence-corrected chi connectivity index (χ2v) is 12.0. The number of thioether (sulfide) groups is 1. The number of amides is 1. The number of aliphatic hydroxyl groups excluding tert-OH is 3. The molecule has 2 rings (SSSR count). The van der Waals surface area contributed by atoms with E-state index in [9.17, 15) is 20.1 Å². The van der Waals surface area contributed by atoms with E-state index in [0.717, 1.165) is 25.8 Å². The van der Waals surface area contributed by atoms with Crippen LogP contribution in [0.2, 0.25) is 0 Å². The number of hydrogen-bond donors (Lipinski definition) is 5. The molecule has 0 spiro atoms. The Hall–Kier alpha value is -0.0900. The molecular weight excluding hydrogens is 488 g/mol. The molecular formula is C26H49ClN2O5S. The molecule has 0 aromatic heterocycles. The van der Waals surface area contributed by atoms with Gasteiger partial charge >= 0.3 is 0 Å². The summed E-state index contributed by atoms with van der Waals surface area (Å²) in [4.78, 5) is 13.1. The van der Waals surface area contributed by atoms with Crippen LogP contribution >= 0.6 is 23.4 Å².